The van der Waals surface area contributed by atoms with E-state index in [1.165, 1.54) is 0 Å². The summed E-state index contributed by atoms with van der Waals surface area (Å²) in [5, 5.41) is 10.5. The first kappa shape index (κ1) is 8.02. The van der Waals surface area contributed by atoms with Crippen molar-refractivity contribution >= 4 is 0 Å². The van der Waals surface area contributed by atoms with E-state index in [2.05, 4.69) is 0 Å². The van der Waals surface area contributed by atoms with E-state index in [-0.39, 0.29) is 6.61 Å². The molecule has 2 heteroatoms. The molecule has 0 aromatic carbocycles. The third-order valence-electron chi connectivity index (χ3n) is 2.33. The fraction of sp³-hybridized carbons (Fsp3) is 1.00. The van der Waals surface area contributed by atoms with Gasteiger partial charge in [0.25, 0.3) is 0 Å². The molecule has 0 spiro atoms. The van der Waals surface area contributed by atoms with Crippen molar-refractivity contribution in [3.63, 3.8) is 0 Å². The van der Waals surface area contributed by atoms with Gasteiger partial charge in [0.05, 0.1) is 6.61 Å². The van der Waals surface area contributed by atoms with E-state index in [9.17, 15) is 5.11 Å². The Morgan fingerprint density at radius 2 is 2.10 bits per heavy atom. The molecule has 1 aliphatic heterocycles. The molecular weight excluding hydrogens is 128 g/mol. The minimum absolute atomic E-state index is 0.0741. The van der Waals surface area contributed by atoms with Gasteiger partial charge in [-0.25, -0.2) is 5.11 Å². The highest BCUT2D eigenvalue weighted by Crippen LogP contribution is 2.22. The molecule has 10 heavy (non-hydrogen) atoms. The van der Waals surface area contributed by atoms with Crippen LogP contribution in [0, 0.1) is 11.8 Å². The van der Waals surface area contributed by atoms with Crippen LogP contribution in [0.2, 0.25) is 0 Å². The average molecular weight is 143 g/mol. The third kappa shape index (κ3) is 1.96. The normalized spacial score (nSPS) is 24.6. The minimum atomic E-state index is 0.0741. The van der Waals surface area contributed by atoms with Gasteiger partial charge in [-0.2, -0.15) is 0 Å². The second-order valence-corrected chi connectivity index (χ2v) is 3.09. The van der Waals surface area contributed by atoms with Crippen molar-refractivity contribution < 1.29 is 9.84 Å². The van der Waals surface area contributed by atoms with Gasteiger partial charge >= 0.3 is 0 Å². The van der Waals surface area contributed by atoms with Crippen LogP contribution in [0.15, 0.2) is 0 Å². The van der Waals surface area contributed by atoms with Gasteiger partial charge in [0.1, 0.15) is 0 Å². The smallest absolute Gasteiger partial charge is 0.0850 e. The molecule has 1 radical (unpaired) electrons. The van der Waals surface area contributed by atoms with Crippen molar-refractivity contribution in [3.8, 4) is 0 Å². The summed E-state index contributed by atoms with van der Waals surface area (Å²) in [7, 11) is 0. The molecule has 0 amide bonds. The van der Waals surface area contributed by atoms with E-state index in [1.54, 1.807) is 0 Å². The summed E-state index contributed by atoms with van der Waals surface area (Å²) in [6, 6.07) is 0. The molecule has 1 saturated heterocycles. The summed E-state index contributed by atoms with van der Waals surface area (Å²) in [6.45, 7) is 3.83. The van der Waals surface area contributed by atoms with Gasteiger partial charge in [-0.15, -0.1) is 0 Å². The van der Waals surface area contributed by atoms with Crippen molar-refractivity contribution in [1.29, 1.82) is 0 Å². The Hall–Kier alpha value is -0.0800. The summed E-state index contributed by atoms with van der Waals surface area (Å²) in [5.74, 6) is 0.982. The standard InChI is InChI=1S/C8H15O2/c1-7(6-9)8-2-4-10-5-3-8/h7-8H,2-6H2,1H3. The van der Waals surface area contributed by atoms with E-state index >= 15 is 0 Å². The lowest BCUT2D eigenvalue weighted by molar-refractivity contribution is 0.0272. The zero-order valence-electron chi connectivity index (χ0n) is 6.51. The third-order valence-corrected chi connectivity index (χ3v) is 2.33. The first-order valence-corrected chi connectivity index (χ1v) is 4.00. The van der Waals surface area contributed by atoms with Crippen LogP contribution < -0.4 is 0 Å². The molecule has 0 aliphatic carbocycles. The quantitative estimate of drug-likeness (QED) is 0.575. The van der Waals surface area contributed by atoms with Gasteiger partial charge in [0, 0.05) is 13.2 Å². The molecule has 1 fully saturated rings. The fourth-order valence-electron chi connectivity index (χ4n) is 1.42. The SMILES string of the molecule is CC(C[O])C1CCOCC1. The molecule has 0 aromatic heterocycles. The van der Waals surface area contributed by atoms with Gasteiger partial charge in [-0.3, -0.25) is 0 Å². The zero-order chi connectivity index (χ0) is 7.40. The zero-order valence-corrected chi connectivity index (χ0v) is 6.51. The predicted octanol–water partition coefficient (Wildman–Crippen LogP) is 1.48. The van der Waals surface area contributed by atoms with Crippen molar-refractivity contribution in [2.24, 2.45) is 11.8 Å². The summed E-state index contributed by atoms with van der Waals surface area (Å²) in [4.78, 5) is 0. The van der Waals surface area contributed by atoms with Crippen LogP contribution in [0.3, 0.4) is 0 Å². The molecular formula is C8H15O2. The van der Waals surface area contributed by atoms with E-state index in [1.807, 2.05) is 6.92 Å². The van der Waals surface area contributed by atoms with Crippen molar-refractivity contribution in [2.45, 2.75) is 19.8 Å². The van der Waals surface area contributed by atoms with E-state index in [0.717, 1.165) is 26.1 Å². The van der Waals surface area contributed by atoms with Crippen LogP contribution in [-0.2, 0) is 9.84 Å². The van der Waals surface area contributed by atoms with Gasteiger partial charge in [0.15, 0.2) is 0 Å². The minimum Gasteiger partial charge on any atom is -0.381 e. The molecule has 0 aromatic rings. The van der Waals surface area contributed by atoms with Crippen LogP contribution in [0.5, 0.6) is 0 Å². The number of hydrogen-bond donors (Lipinski definition) is 0. The summed E-state index contributed by atoms with van der Waals surface area (Å²) >= 11 is 0. The van der Waals surface area contributed by atoms with E-state index < -0.39 is 0 Å². The number of rotatable bonds is 2. The number of hydrogen-bond acceptors (Lipinski definition) is 1. The molecule has 1 atom stereocenters. The van der Waals surface area contributed by atoms with Gasteiger partial charge < -0.3 is 4.74 Å². The Bertz CT molecular complexity index is 87.3. The van der Waals surface area contributed by atoms with Gasteiger partial charge in [-0.1, -0.05) is 6.92 Å². The molecule has 1 aliphatic rings. The molecule has 0 N–H and O–H groups in total. The second kappa shape index (κ2) is 3.94. The molecule has 1 heterocycles. The highest BCUT2D eigenvalue weighted by Gasteiger charge is 2.19. The maximum absolute atomic E-state index is 10.5. The highest BCUT2D eigenvalue weighted by molar-refractivity contribution is 4.68. The maximum Gasteiger partial charge on any atom is 0.0850 e. The number of ether oxygens (including phenoxy) is 1. The molecule has 1 unspecified atom stereocenters. The molecule has 1 rings (SSSR count). The first-order chi connectivity index (χ1) is 4.84. The topological polar surface area (TPSA) is 29.1 Å². The van der Waals surface area contributed by atoms with Gasteiger partial charge in [0.2, 0.25) is 0 Å². The van der Waals surface area contributed by atoms with Crippen LogP contribution in [0.25, 0.3) is 0 Å². The Balaban J connectivity index is 2.24. The summed E-state index contributed by atoms with van der Waals surface area (Å²) < 4.78 is 5.19. The lowest BCUT2D eigenvalue weighted by Gasteiger charge is -2.25. The highest BCUT2D eigenvalue weighted by atomic mass is 16.5. The maximum atomic E-state index is 10.5. The Kier molecular flexibility index (Phi) is 3.16. The summed E-state index contributed by atoms with van der Waals surface area (Å²) in [5.41, 5.74) is 0. The largest absolute Gasteiger partial charge is 0.381 e. The monoisotopic (exact) mass is 143 g/mol. The summed E-state index contributed by atoms with van der Waals surface area (Å²) in [6.07, 6.45) is 2.17. The lowest BCUT2D eigenvalue weighted by Crippen LogP contribution is -2.23. The lowest BCUT2D eigenvalue weighted by atomic mass is 9.88. The van der Waals surface area contributed by atoms with Crippen LogP contribution in [0.4, 0.5) is 0 Å². The molecule has 2 nitrogen and oxygen atoms in total. The first-order valence-electron chi connectivity index (χ1n) is 4.00. The van der Waals surface area contributed by atoms with E-state index in [0.29, 0.717) is 11.8 Å². The van der Waals surface area contributed by atoms with Crippen molar-refractivity contribution in [3.05, 3.63) is 0 Å². The predicted molar refractivity (Wildman–Crippen MR) is 38.3 cm³/mol. The Morgan fingerprint density at radius 1 is 1.50 bits per heavy atom. The molecule has 59 valence electrons. The van der Waals surface area contributed by atoms with E-state index in [4.69, 9.17) is 4.74 Å². The fourth-order valence-corrected chi connectivity index (χ4v) is 1.42. The van der Waals surface area contributed by atoms with Crippen molar-refractivity contribution in [2.75, 3.05) is 19.8 Å². The van der Waals surface area contributed by atoms with Crippen LogP contribution >= 0.6 is 0 Å². The molecule has 0 bridgehead atoms. The van der Waals surface area contributed by atoms with Crippen molar-refractivity contribution in [1.82, 2.24) is 0 Å². The van der Waals surface area contributed by atoms with Crippen LogP contribution in [-0.4, -0.2) is 19.8 Å². The molecule has 0 saturated carbocycles. The average Bonchev–Trinajstić information content (AvgIpc) is 2.05. The van der Waals surface area contributed by atoms with Gasteiger partial charge in [-0.05, 0) is 24.7 Å². The van der Waals surface area contributed by atoms with Crippen LogP contribution in [0.1, 0.15) is 19.8 Å². The second-order valence-electron chi connectivity index (χ2n) is 3.09. The Labute approximate surface area is 62.2 Å². The Morgan fingerprint density at radius 3 is 2.60 bits per heavy atom.